The lowest BCUT2D eigenvalue weighted by molar-refractivity contribution is -0.00168. The first-order valence-electron chi connectivity index (χ1n) is 8.96. The molecule has 0 radical (unpaired) electrons. The number of carbonyl (C=O) groups excluding carboxylic acids is 1. The Labute approximate surface area is 164 Å². The maximum atomic E-state index is 14.3. The van der Waals surface area contributed by atoms with E-state index in [4.69, 9.17) is 13.7 Å². The van der Waals surface area contributed by atoms with Gasteiger partial charge in [0.1, 0.15) is 22.8 Å². The van der Waals surface area contributed by atoms with Crippen LogP contribution in [0.1, 0.15) is 39.2 Å². The van der Waals surface area contributed by atoms with E-state index in [2.05, 4.69) is 0 Å². The molecule has 7 nitrogen and oxygen atoms in total. The molecule has 0 unspecified atom stereocenters. The summed E-state index contributed by atoms with van der Waals surface area (Å²) >= 11 is 0. The molecular formula is C19H24FNO6S. The summed E-state index contributed by atoms with van der Waals surface area (Å²) < 4.78 is 54.1. The van der Waals surface area contributed by atoms with Gasteiger partial charge >= 0.3 is 16.2 Å². The van der Waals surface area contributed by atoms with Gasteiger partial charge in [-0.05, 0) is 32.9 Å². The van der Waals surface area contributed by atoms with Crippen molar-refractivity contribution in [1.82, 2.24) is 4.90 Å². The van der Waals surface area contributed by atoms with Gasteiger partial charge in [0, 0.05) is 32.0 Å². The van der Waals surface area contributed by atoms with E-state index in [0.717, 1.165) is 6.26 Å². The van der Waals surface area contributed by atoms with Crippen molar-refractivity contribution in [3.63, 3.8) is 0 Å². The molecule has 0 aliphatic carbocycles. The lowest BCUT2D eigenvalue weighted by Gasteiger charge is -2.42. The van der Waals surface area contributed by atoms with Crippen LogP contribution >= 0.6 is 0 Å². The lowest BCUT2D eigenvalue weighted by Crippen LogP contribution is -2.50. The average molecular weight is 413 g/mol. The molecule has 28 heavy (non-hydrogen) atoms. The van der Waals surface area contributed by atoms with Crippen LogP contribution in [-0.4, -0.2) is 50.0 Å². The molecule has 3 rings (SSSR count). The topological polar surface area (TPSA) is 82.1 Å². The molecule has 1 saturated heterocycles. The summed E-state index contributed by atoms with van der Waals surface area (Å²) in [7, 11) is -3.86. The number of piperidine rings is 1. The van der Waals surface area contributed by atoms with Crippen LogP contribution in [0.3, 0.4) is 0 Å². The molecule has 1 fully saturated rings. The number of hydrogen-bond acceptors (Lipinski definition) is 6. The van der Waals surface area contributed by atoms with Gasteiger partial charge in [-0.1, -0.05) is 6.07 Å². The van der Waals surface area contributed by atoms with E-state index in [-0.39, 0.29) is 17.1 Å². The van der Waals surface area contributed by atoms with Crippen molar-refractivity contribution in [2.24, 2.45) is 0 Å². The Balaban J connectivity index is 1.85. The van der Waals surface area contributed by atoms with Crippen LogP contribution in [0.25, 0.3) is 5.76 Å². The minimum Gasteiger partial charge on any atom is -0.482 e. The number of nitrogens with zero attached hydrogens (tertiary/aromatic N) is 1. The van der Waals surface area contributed by atoms with Gasteiger partial charge in [0.25, 0.3) is 0 Å². The van der Waals surface area contributed by atoms with Gasteiger partial charge in [0.15, 0.2) is 5.76 Å². The number of fused-ring (bicyclic) bond motifs is 1. The van der Waals surface area contributed by atoms with Gasteiger partial charge in [-0.2, -0.15) is 8.42 Å². The highest BCUT2D eigenvalue weighted by atomic mass is 32.2. The second-order valence-corrected chi connectivity index (χ2v) is 9.62. The molecule has 2 heterocycles. The molecule has 1 aromatic rings. The fourth-order valence-electron chi connectivity index (χ4n) is 3.26. The van der Waals surface area contributed by atoms with Crippen molar-refractivity contribution < 1.29 is 31.3 Å². The van der Waals surface area contributed by atoms with E-state index in [1.165, 1.54) is 18.2 Å². The predicted octanol–water partition coefficient (Wildman–Crippen LogP) is 3.30. The zero-order valence-electron chi connectivity index (χ0n) is 16.3. The van der Waals surface area contributed by atoms with Gasteiger partial charge in [-0.25, -0.2) is 9.18 Å². The quantitative estimate of drug-likeness (QED) is 0.692. The van der Waals surface area contributed by atoms with Crippen LogP contribution in [-0.2, 0) is 19.0 Å². The normalized spacial score (nSPS) is 18.8. The van der Waals surface area contributed by atoms with E-state index >= 15 is 0 Å². The number of ether oxygens (including phenoxy) is 2. The van der Waals surface area contributed by atoms with E-state index in [1.54, 1.807) is 31.7 Å². The van der Waals surface area contributed by atoms with Crippen molar-refractivity contribution in [1.29, 1.82) is 0 Å². The fraction of sp³-hybridized carbons (Fsp3) is 0.526. The third kappa shape index (κ3) is 4.57. The van der Waals surface area contributed by atoms with Gasteiger partial charge in [0.05, 0.1) is 11.8 Å². The van der Waals surface area contributed by atoms with Crippen molar-refractivity contribution >= 4 is 22.0 Å². The third-order valence-corrected chi connectivity index (χ3v) is 4.91. The van der Waals surface area contributed by atoms with Gasteiger partial charge < -0.3 is 18.6 Å². The maximum absolute atomic E-state index is 14.3. The summed E-state index contributed by atoms with van der Waals surface area (Å²) in [5.74, 6) is -0.507. The summed E-state index contributed by atoms with van der Waals surface area (Å²) in [4.78, 5) is 13.8. The smallest absolute Gasteiger partial charge is 0.410 e. The standard InChI is InChI=1S/C19H24FNO6S/c1-18(2,3)26-17(22)21-10-8-19(9-11-21)12-15(27-28(4,23)24)16-13(20)6-5-7-14(16)25-19/h5-7,12H,8-11H2,1-4H3. The van der Waals surface area contributed by atoms with Gasteiger partial charge in [-0.3, -0.25) is 0 Å². The molecule has 0 bridgehead atoms. The molecule has 2 aliphatic heterocycles. The van der Waals surface area contributed by atoms with Crippen molar-refractivity contribution in [3.05, 3.63) is 35.7 Å². The second kappa shape index (κ2) is 6.95. The summed E-state index contributed by atoms with van der Waals surface area (Å²) in [5, 5.41) is 0. The number of benzene rings is 1. The lowest BCUT2D eigenvalue weighted by atomic mass is 9.87. The van der Waals surface area contributed by atoms with E-state index in [9.17, 15) is 17.6 Å². The molecule has 154 valence electrons. The number of likely N-dealkylation sites (tertiary alicyclic amines) is 1. The van der Waals surface area contributed by atoms with Gasteiger partial charge in [-0.15, -0.1) is 0 Å². The third-order valence-electron chi connectivity index (χ3n) is 4.43. The first-order valence-corrected chi connectivity index (χ1v) is 10.8. The van der Waals surface area contributed by atoms with Crippen LogP contribution in [0, 0.1) is 5.82 Å². The average Bonchev–Trinajstić information content (AvgIpc) is 2.52. The summed E-state index contributed by atoms with van der Waals surface area (Å²) in [5.41, 5.74) is -1.51. The highest BCUT2D eigenvalue weighted by Crippen LogP contribution is 2.42. The van der Waals surface area contributed by atoms with Crippen LogP contribution in [0.5, 0.6) is 5.75 Å². The van der Waals surface area contributed by atoms with Crippen molar-refractivity contribution in [2.75, 3.05) is 19.3 Å². The van der Waals surface area contributed by atoms with Crippen molar-refractivity contribution in [3.8, 4) is 5.75 Å². The molecule has 2 aliphatic rings. The largest absolute Gasteiger partial charge is 0.482 e. The van der Waals surface area contributed by atoms with Crippen LogP contribution in [0.2, 0.25) is 0 Å². The molecule has 0 N–H and O–H groups in total. The zero-order chi connectivity index (χ0) is 20.7. The minimum atomic E-state index is -3.86. The molecule has 0 aromatic heterocycles. The molecule has 1 aromatic carbocycles. The number of rotatable bonds is 2. The van der Waals surface area contributed by atoms with Crippen molar-refractivity contribution in [2.45, 2.75) is 44.8 Å². The first kappa shape index (κ1) is 20.4. The molecule has 1 amide bonds. The molecule has 0 saturated carbocycles. The fourth-order valence-corrected chi connectivity index (χ4v) is 3.72. The monoisotopic (exact) mass is 413 g/mol. The molecule has 0 atom stereocenters. The number of halogens is 1. The van der Waals surface area contributed by atoms with E-state index in [0.29, 0.717) is 25.9 Å². The number of hydrogen-bond donors (Lipinski definition) is 0. The Kier molecular flexibility index (Phi) is 5.07. The molecule has 9 heteroatoms. The summed E-state index contributed by atoms with van der Waals surface area (Å²) in [6.07, 6.45) is 2.77. The maximum Gasteiger partial charge on any atom is 0.410 e. The Morgan fingerprint density at radius 2 is 1.89 bits per heavy atom. The highest BCUT2D eigenvalue weighted by molar-refractivity contribution is 7.86. The van der Waals surface area contributed by atoms with E-state index in [1.807, 2.05) is 0 Å². The Morgan fingerprint density at radius 3 is 2.46 bits per heavy atom. The highest BCUT2D eigenvalue weighted by Gasteiger charge is 2.42. The Morgan fingerprint density at radius 1 is 1.25 bits per heavy atom. The second-order valence-electron chi connectivity index (χ2n) is 8.04. The predicted molar refractivity (Wildman–Crippen MR) is 101 cm³/mol. The first-order chi connectivity index (χ1) is 12.9. The Hall–Kier alpha value is -2.29. The van der Waals surface area contributed by atoms with Gasteiger partial charge in [0.2, 0.25) is 0 Å². The number of carbonyl (C=O) groups is 1. The van der Waals surface area contributed by atoms with Crippen LogP contribution in [0.4, 0.5) is 9.18 Å². The molecular weight excluding hydrogens is 389 g/mol. The number of amides is 1. The minimum absolute atomic E-state index is 0.0203. The van der Waals surface area contributed by atoms with Crippen LogP contribution in [0.15, 0.2) is 24.3 Å². The SMILES string of the molecule is CC(C)(C)OC(=O)N1CCC2(C=C(OS(C)(=O)=O)c3c(F)cccc3O2)CC1. The Bertz CT molecular complexity index is 911. The summed E-state index contributed by atoms with van der Waals surface area (Å²) in [6.45, 7) is 6.08. The zero-order valence-corrected chi connectivity index (χ0v) is 17.1. The molecule has 1 spiro atoms. The van der Waals surface area contributed by atoms with E-state index < -0.39 is 33.2 Å². The summed E-state index contributed by atoms with van der Waals surface area (Å²) in [6, 6.07) is 4.27. The van der Waals surface area contributed by atoms with Crippen LogP contribution < -0.4 is 4.74 Å².